The molecule has 0 aromatic rings. The van der Waals surface area contributed by atoms with E-state index in [0.29, 0.717) is 32.1 Å². The molecule has 1 saturated carbocycles. The molecule has 0 aromatic carbocycles. The van der Waals surface area contributed by atoms with E-state index in [9.17, 15) is 9.59 Å². The molecule has 0 spiro atoms. The Morgan fingerprint density at radius 1 is 1.04 bits per heavy atom. The van der Waals surface area contributed by atoms with Crippen molar-refractivity contribution in [2.45, 2.75) is 92.5 Å². The number of ether oxygens (including phenoxy) is 3. The molecular weight excluding hydrogens is 320 g/mol. The molecule has 0 heterocycles. The topological polar surface area (TPSA) is 61.8 Å². The molecule has 25 heavy (non-hydrogen) atoms. The van der Waals surface area contributed by atoms with Crippen LogP contribution in [0.15, 0.2) is 0 Å². The van der Waals surface area contributed by atoms with Crippen molar-refractivity contribution in [3.05, 3.63) is 0 Å². The summed E-state index contributed by atoms with van der Waals surface area (Å²) < 4.78 is 16.5. The molecular formula is C20H36O5. The third-order valence-electron chi connectivity index (χ3n) is 5.01. The molecule has 0 aliphatic heterocycles. The minimum absolute atomic E-state index is 0.0267. The summed E-state index contributed by atoms with van der Waals surface area (Å²) in [6.45, 7) is 12.0. The van der Waals surface area contributed by atoms with Gasteiger partial charge in [0.05, 0.1) is 11.3 Å². The van der Waals surface area contributed by atoms with Crippen LogP contribution < -0.4 is 0 Å². The van der Waals surface area contributed by atoms with Crippen LogP contribution in [0.4, 0.5) is 0 Å². The Labute approximate surface area is 152 Å². The Kier molecular flexibility index (Phi) is 7.91. The molecule has 1 fully saturated rings. The Hall–Kier alpha value is -1.10. The molecule has 0 saturated heterocycles. The van der Waals surface area contributed by atoms with E-state index in [4.69, 9.17) is 14.2 Å². The predicted octanol–water partition coefficient (Wildman–Crippen LogP) is 4.48. The maximum atomic E-state index is 12.4. The molecule has 0 radical (unpaired) electrons. The number of esters is 2. The van der Waals surface area contributed by atoms with Crippen molar-refractivity contribution >= 4 is 11.9 Å². The molecule has 1 rings (SSSR count). The van der Waals surface area contributed by atoms with Gasteiger partial charge in [-0.15, -0.1) is 0 Å². The van der Waals surface area contributed by atoms with E-state index in [2.05, 4.69) is 20.8 Å². The first-order valence-corrected chi connectivity index (χ1v) is 9.43. The summed E-state index contributed by atoms with van der Waals surface area (Å²) in [5, 5.41) is 0. The summed E-state index contributed by atoms with van der Waals surface area (Å²) in [5.74, 6) is -0.479. The molecule has 1 unspecified atom stereocenters. The molecule has 1 aliphatic rings. The number of rotatable bonds is 7. The van der Waals surface area contributed by atoms with Gasteiger partial charge in [0.15, 0.2) is 0 Å². The lowest BCUT2D eigenvalue weighted by Gasteiger charge is -2.31. The fraction of sp³-hybridized carbons (Fsp3) is 0.900. The summed E-state index contributed by atoms with van der Waals surface area (Å²) in [6, 6.07) is 0. The van der Waals surface area contributed by atoms with Gasteiger partial charge >= 0.3 is 11.9 Å². The summed E-state index contributed by atoms with van der Waals surface area (Å²) in [5.41, 5.74) is -0.423. The smallest absolute Gasteiger partial charge is 0.311 e. The average Bonchev–Trinajstić information content (AvgIpc) is 2.53. The summed E-state index contributed by atoms with van der Waals surface area (Å²) in [6.07, 6.45) is 3.62. The molecule has 0 amide bonds. The van der Waals surface area contributed by atoms with Crippen molar-refractivity contribution in [1.29, 1.82) is 0 Å². The van der Waals surface area contributed by atoms with Crippen LogP contribution in [-0.4, -0.2) is 31.4 Å². The zero-order valence-electron chi connectivity index (χ0n) is 17.0. The van der Waals surface area contributed by atoms with E-state index in [0.717, 1.165) is 6.42 Å². The van der Waals surface area contributed by atoms with Crippen molar-refractivity contribution in [1.82, 2.24) is 0 Å². The van der Waals surface area contributed by atoms with Crippen molar-refractivity contribution in [2.24, 2.45) is 16.7 Å². The number of hydrogen-bond acceptors (Lipinski definition) is 5. The van der Waals surface area contributed by atoms with Crippen LogP contribution in [0, 0.1) is 16.7 Å². The lowest BCUT2D eigenvalue weighted by atomic mass is 9.86. The van der Waals surface area contributed by atoms with Crippen LogP contribution in [0.1, 0.15) is 80.1 Å². The highest BCUT2D eigenvalue weighted by Crippen LogP contribution is 2.31. The maximum Gasteiger partial charge on any atom is 0.311 e. The van der Waals surface area contributed by atoms with Gasteiger partial charge in [0.25, 0.3) is 0 Å². The van der Waals surface area contributed by atoms with Gasteiger partial charge in [-0.3, -0.25) is 9.59 Å². The Morgan fingerprint density at radius 3 is 2.04 bits per heavy atom. The second-order valence-electron chi connectivity index (χ2n) is 8.98. The molecule has 0 aromatic heterocycles. The second-order valence-corrected chi connectivity index (χ2v) is 8.98. The SMILES string of the molecule is CCC(C)(C)C(=O)OC1CCC(C(=O)OC(CC(C)(C)C)OC)CC1. The predicted molar refractivity (Wildman–Crippen MR) is 96.9 cm³/mol. The molecule has 5 nitrogen and oxygen atoms in total. The van der Waals surface area contributed by atoms with Crippen LogP contribution >= 0.6 is 0 Å². The van der Waals surface area contributed by atoms with Gasteiger partial charge in [-0.05, 0) is 51.4 Å². The number of methoxy groups -OCH3 is 1. The van der Waals surface area contributed by atoms with Crippen LogP contribution in [0.5, 0.6) is 0 Å². The van der Waals surface area contributed by atoms with Gasteiger partial charge in [-0.25, -0.2) is 0 Å². The van der Waals surface area contributed by atoms with E-state index < -0.39 is 11.7 Å². The lowest BCUT2D eigenvalue weighted by molar-refractivity contribution is -0.185. The van der Waals surface area contributed by atoms with E-state index >= 15 is 0 Å². The average molecular weight is 357 g/mol. The minimum Gasteiger partial charge on any atom is -0.462 e. The van der Waals surface area contributed by atoms with Gasteiger partial charge in [-0.1, -0.05) is 27.7 Å². The third kappa shape index (κ3) is 7.35. The first-order valence-electron chi connectivity index (χ1n) is 9.43. The summed E-state index contributed by atoms with van der Waals surface area (Å²) in [7, 11) is 1.57. The molecule has 5 heteroatoms. The Morgan fingerprint density at radius 2 is 1.60 bits per heavy atom. The van der Waals surface area contributed by atoms with Crippen LogP contribution in [0.3, 0.4) is 0 Å². The number of carbonyl (C=O) groups excluding carboxylic acids is 2. The van der Waals surface area contributed by atoms with Crippen LogP contribution in [-0.2, 0) is 23.8 Å². The van der Waals surface area contributed by atoms with Crippen molar-refractivity contribution in [3.8, 4) is 0 Å². The van der Waals surface area contributed by atoms with Gasteiger partial charge in [-0.2, -0.15) is 0 Å². The summed E-state index contributed by atoms with van der Waals surface area (Å²) in [4.78, 5) is 24.5. The number of carbonyl (C=O) groups is 2. The molecule has 1 atom stereocenters. The Bertz CT molecular complexity index is 441. The van der Waals surface area contributed by atoms with E-state index in [1.54, 1.807) is 7.11 Å². The standard InChI is InChI=1S/C20H36O5/c1-8-20(5,6)18(22)24-15-11-9-14(10-12-15)17(21)25-16(23-7)13-19(2,3)4/h14-16H,8-13H2,1-7H3. The second kappa shape index (κ2) is 9.02. The quantitative estimate of drug-likeness (QED) is 0.497. The molecule has 0 N–H and O–H groups in total. The fourth-order valence-corrected chi connectivity index (χ4v) is 2.77. The minimum atomic E-state index is -0.506. The van der Waals surface area contributed by atoms with E-state index in [1.807, 2.05) is 20.8 Å². The van der Waals surface area contributed by atoms with Crippen LogP contribution in [0.2, 0.25) is 0 Å². The molecule has 0 bridgehead atoms. The fourth-order valence-electron chi connectivity index (χ4n) is 2.77. The Balaban J connectivity index is 2.45. The van der Waals surface area contributed by atoms with Gasteiger partial charge < -0.3 is 14.2 Å². The van der Waals surface area contributed by atoms with Gasteiger partial charge in [0.2, 0.25) is 6.29 Å². The van der Waals surface area contributed by atoms with Gasteiger partial charge in [0, 0.05) is 13.5 Å². The first-order chi connectivity index (χ1) is 11.5. The lowest BCUT2D eigenvalue weighted by Crippen LogP contribution is -2.35. The number of hydrogen-bond donors (Lipinski definition) is 0. The summed E-state index contributed by atoms with van der Waals surface area (Å²) >= 11 is 0. The van der Waals surface area contributed by atoms with E-state index in [-0.39, 0.29) is 29.4 Å². The van der Waals surface area contributed by atoms with Crippen molar-refractivity contribution in [3.63, 3.8) is 0 Å². The normalized spacial score (nSPS) is 23.0. The van der Waals surface area contributed by atoms with Crippen molar-refractivity contribution in [2.75, 3.05) is 7.11 Å². The highest BCUT2D eigenvalue weighted by molar-refractivity contribution is 5.76. The highest BCUT2D eigenvalue weighted by Gasteiger charge is 2.34. The monoisotopic (exact) mass is 356 g/mol. The molecule has 146 valence electrons. The largest absolute Gasteiger partial charge is 0.462 e. The van der Waals surface area contributed by atoms with Crippen LogP contribution in [0.25, 0.3) is 0 Å². The molecule has 1 aliphatic carbocycles. The van der Waals surface area contributed by atoms with Crippen molar-refractivity contribution < 1.29 is 23.8 Å². The highest BCUT2D eigenvalue weighted by atomic mass is 16.7. The van der Waals surface area contributed by atoms with Gasteiger partial charge in [0.1, 0.15) is 6.10 Å². The first kappa shape index (κ1) is 21.9. The van der Waals surface area contributed by atoms with E-state index in [1.165, 1.54) is 0 Å². The third-order valence-corrected chi connectivity index (χ3v) is 5.01. The zero-order valence-corrected chi connectivity index (χ0v) is 17.0. The maximum absolute atomic E-state index is 12.4. The zero-order chi connectivity index (χ0) is 19.3.